The molecule has 0 radical (unpaired) electrons. The first-order valence-corrected chi connectivity index (χ1v) is 10.0. The van der Waals surface area contributed by atoms with Crippen LogP contribution in [-0.4, -0.2) is 37.2 Å². The topological polar surface area (TPSA) is 65.1 Å². The summed E-state index contributed by atoms with van der Waals surface area (Å²) in [6.07, 6.45) is -0.0799. The molecular weight excluding hydrogens is 408 g/mol. The van der Waals surface area contributed by atoms with Gasteiger partial charge >= 0.3 is 12.1 Å². The van der Waals surface area contributed by atoms with Gasteiger partial charge in [0.15, 0.2) is 6.04 Å². The number of carbonyl (C=O) groups excluding carboxylic acids is 2. The van der Waals surface area contributed by atoms with Crippen LogP contribution in [0, 0.1) is 17.6 Å². The van der Waals surface area contributed by atoms with Crippen molar-refractivity contribution in [3.8, 4) is 5.75 Å². The summed E-state index contributed by atoms with van der Waals surface area (Å²) in [5, 5.41) is 0. The summed E-state index contributed by atoms with van der Waals surface area (Å²) in [5.41, 5.74) is 1.67. The summed E-state index contributed by atoms with van der Waals surface area (Å²) in [7, 11) is 1.27. The molecule has 1 amide bonds. The molecule has 0 aromatic heterocycles. The summed E-state index contributed by atoms with van der Waals surface area (Å²) >= 11 is 0. The summed E-state index contributed by atoms with van der Waals surface area (Å²) in [6, 6.07) is 7.47. The van der Waals surface area contributed by atoms with Gasteiger partial charge in [0.2, 0.25) is 0 Å². The van der Waals surface area contributed by atoms with Crippen LogP contribution in [0.15, 0.2) is 36.4 Å². The van der Waals surface area contributed by atoms with Crippen molar-refractivity contribution in [2.45, 2.75) is 32.9 Å². The third-order valence-corrected chi connectivity index (χ3v) is 4.95. The molecule has 2 aromatic rings. The van der Waals surface area contributed by atoms with Gasteiger partial charge in [-0.1, -0.05) is 19.9 Å². The van der Waals surface area contributed by atoms with E-state index >= 15 is 0 Å². The van der Waals surface area contributed by atoms with Crippen molar-refractivity contribution >= 4 is 12.1 Å². The maximum absolute atomic E-state index is 13.8. The van der Waals surface area contributed by atoms with Crippen molar-refractivity contribution in [3.05, 3.63) is 64.7 Å². The van der Waals surface area contributed by atoms with Crippen LogP contribution in [0.2, 0.25) is 0 Å². The van der Waals surface area contributed by atoms with E-state index in [1.165, 1.54) is 24.1 Å². The lowest BCUT2D eigenvalue weighted by molar-refractivity contribution is -0.147. The average molecular weight is 433 g/mol. The van der Waals surface area contributed by atoms with Gasteiger partial charge in [-0.2, -0.15) is 0 Å². The highest BCUT2D eigenvalue weighted by molar-refractivity contribution is 5.84. The predicted octanol–water partition coefficient (Wildman–Crippen LogP) is 4.41. The monoisotopic (exact) mass is 433 g/mol. The van der Waals surface area contributed by atoms with Gasteiger partial charge in [0.1, 0.15) is 24.0 Å². The Balaban J connectivity index is 1.78. The normalized spacial score (nSPS) is 15.4. The summed E-state index contributed by atoms with van der Waals surface area (Å²) in [5.74, 6) is -1.26. The minimum atomic E-state index is -0.919. The highest BCUT2D eigenvalue weighted by atomic mass is 19.1. The van der Waals surface area contributed by atoms with Gasteiger partial charge in [-0.15, -0.1) is 0 Å². The molecule has 1 aliphatic rings. The molecule has 0 N–H and O–H groups in total. The summed E-state index contributed by atoms with van der Waals surface area (Å²) < 4.78 is 42.7. The molecule has 0 bridgehead atoms. The maximum atomic E-state index is 13.8. The number of halogens is 2. The number of amides is 1. The number of esters is 1. The Morgan fingerprint density at radius 2 is 1.94 bits per heavy atom. The smallest absolute Gasteiger partial charge is 0.410 e. The Morgan fingerprint density at radius 1 is 1.16 bits per heavy atom. The van der Waals surface area contributed by atoms with Gasteiger partial charge in [-0.25, -0.2) is 18.4 Å². The lowest BCUT2D eigenvalue weighted by Gasteiger charge is -2.35. The second-order valence-corrected chi connectivity index (χ2v) is 7.72. The number of ether oxygens (including phenoxy) is 3. The molecule has 1 unspecified atom stereocenters. The quantitative estimate of drug-likeness (QED) is 0.632. The minimum Gasteiger partial charge on any atom is -0.489 e. The lowest BCUT2D eigenvalue weighted by Crippen LogP contribution is -2.44. The van der Waals surface area contributed by atoms with E-state index in [0.29, 0.717) is 17.7 Å². The molecular formula is C23H25F2NO5. The summed E-state index contributed by atoms with van der Waals surface area (Å²) in [6.45, 7) is 4.31. The number of hydrogen-bond acceptors (Lipinski definition) is 5. The molecule has 2 aromatic carbocycles. The van der Waals surface area contributed by atoms with Gasteiger partial charge in [-0.05, 0) is 47.7 Å². The Hall–Kier alpha value is -3.16. The highest BCUT2D eigenvalue weighted by Gasteiger charge is 2.38. The fourth-order valence-electron chi connectivity index (χ4n) is 3.38. The number of carbonyl (C=O) groups is 2. The first-order valence-electron chi connectivity index (χ1n) is 10.0. The van der Waals surface area contributed by atoms with E-state index in [1.54, 1.807) is 18.2 Å². The zero-order chi connectivity index (χ0) is 22.5. The van der Waals surface area contributed by atoms with E-state index < -0.39 is 29.7 Å². The Labute approximate surface area is 179 Å². The van der Waals surface area contributed by atoms with Crippen LogP contribution in [0.4, 0.5) is 13.6 Å². The van der Waals surface area contributed by atoms with Crippen LogP contribution in [0.3, 0.4) is 0 Å². The van der Waals surface area contributed by atoms with Gasteiger partial charge < -0.3 is 14.2 Å². The molecule has 0 fully saturated rings. The standard InChI is InChI=1S/C23H25F2NO5/c1-14(2)12-31-23(28)26-9-8-15-10-18(6-7-19(15)21(26)22(27)29-3)30-13-16-4-5-17(24)11-20(16)25/h4-7,10-11,14,21H,8-9,12-13H2,1-3H3. The van der Waals surface area contributed by atoms with E-state index in [4.69, 9.17) is 14.2 Å². The van der Waals surface area contributed by atoms with E-state index in [-0.39, 0.29) is 31.2 Å². The SMILES string of the molecule is COC(=O)C1c2ccc(OCc3ccc(F)cc3F)cc2CCN1C(=O)OCC(C)C. The molecule has 31 heavy (non-hydrogen) atoms. The van der Waals surface area contributed by atoms with Gasteiger partial charge in [0, 0.05) is 18.2 Å². The van der Waals surface area contributed by atoms with Gasteiger partial charge in [0.25, 0.3) is 0 Å². The minimum absolute atomic E-state index is 0.0705. The third-order valence-electron chi connectivity index (χ3n) is 4.95. The fourth-order valence-corrected chi connectivity index (χ4v) is 3.38. The molecule has 166 valence electrons. The third kappa shape index (κ3) is 5.31. The van der Waals surface area contributed by atoms with Crippen LogP contribution >= 0.6 is 0 Å². The van der Waals surface area contributed by atoms with Crippen molar-refractivity contribution in [2.24, 2.45) is 5.92 Å². The van der Waals surface area contributed by atoms with E-state index in [9.17, 15) is 18.4 Å². The van der Waals surface area contributed by atoms with Crippen molar-refractivity contribution < 1.29 is 32.6 Å². The molecule has 0 aliphatic carbocycles. The number of nitrogens with zero attached hydrogens (tertiary/aromatic N) is 1. The van der Waals surface area contributed by atoms with E-state index in [2.05, 4.69) is 0 Å². The van der Waals surface area contributed by atoms with Crippen molar-refractivity contribution in [1.82, 2.24) is 4.90 Å². The van der Waals surface area contributed by atoms with E-state index in [0.717, 1.165) is 11.6 Å². The second kappa shape index (κ2) is 9.76. The molecule has 3 rings (SSSR count). The van der Waals surface area contributed by atoms with Crippen molar-refractivity contribution in [2.75, 3.05) is 20.3 Å². The average Bonchev–Trinajstić information content (AvgIpc) is 2.75. The number of fused-ring (bicyclic) bond motifs is 1. The van der Waals surface area contributed by atoms with Crippen LogP contribution in [0.25, 0.3) is 0 Å². The predicted molar refractivity (Wildman–Crippen MR) is 108 cm³/mol. The largest absolute Gasteiger partial charge is 0.489 e. The van der Waals surface area contributed by atoms with Crippen LogP contribution in [-0.2, 0) is 27.3 Å². The molecule has 1 atom stereocenters. The lowest BCUT2D eigenvalue weighted by atomic mass is 9.92. The maximum Gasteiger partial charge on any atom is 0.410 e. The van der Waals surface area contributed by atoms with Gasteiger partial charge in [0.05, 0.1) is 13.7 Å². The second-order valence-electron chi connectivity index (χ2n) is 7.72. The Morgan fingerprint density at radius 3 is 2.61 bits per heavy atom. The fraction of sp³-hybridized carbons (Fsp3) is 0.391. The molecule has 6 nitrogen and oxygen atoms in total. The zero-order valence-electron chi connectivity index (χ0n) is 17.7. The van der Waals surface area contributed by atoms with Crippen molar-refractivity contribution in [3.63, 3.8) is 0 Å². The molecule has 0 saturated carbocycles. The first-order chi connectivity index (χ1) is 14.8. The zero-order valence-corrected chi connectivity index (χ0v) is 17.7. The number of rotatable bonds is 6. The molecule has 1 heterocycles. The number of benzene rings is 2. The first kappa shape index (κ1) is 22.5. The van der Waals surface area contributed by atoms with Crippen LogP contribution < -0.4 is 4.74 Å². The van der Waals surface area contributed by atoms with Crippen molar-refractivity contribution in [1.29, 1.82) is 0 Å². The molecule has 1 aliphatic heterocycles. The highest BCUT2D eigenvalue weighted by Crippen LogP contribution is 2.34. The molecule has 0 spiro atoms. The van der Waals surface area contributed by atoms with Crippen LogP contribution in [0.5, 0.6) is 5.75 Å². The Kier molecular flexibility index (Phi) is 7.09. The van der Waals surface area contributed by atoms with E-state index in [1.807, 2.05) is 13.8 Å². The molecule has 8 heteroatoms. The number of hydrogen-bond donors (Lipinski definition) is 0. The van der Waals surface area contributed by atoms with Gasteiger partial charge in [-0.3, -0.25) is 4.90 Å². The number of methoxy groups -OCH3 is 1. The Bertz CT molecular complexity index is 963. The molecule has 0 saturated heterocycles. The summed E-state index contributed by atoms with van der Waals surface area (Å²) in [4.78, 5) is 26.4. The van der Waals surface area contributed by atoms with Crippen LogP contribution in [0.1, 0.15) is 36.6 Å².